The lowest BCUT2D eigenvalue weighted by molar-refractivity contribution is 0.128. The van der Waals surface area contributed by atoms with Crippen LogP contribution >= 0.6 is 0 Å². The molecule has 0 radical (unpaired) electrons. The summed E-state index contributed by atoms with van der Waals surface area (Å²) in [6.07, 6.45) is 1.12. The Morgan fingerprint density at radius 1 is 1.11 bits per heavy atom. The Morgan fingerprint density at radius 3 is 2.26 bits per heavy atom. The molecule has 4 heteroatoms. The Labute approximate surface area is 115 Å². The van der Waals surface area contributed by atoms with Gasteiger partial charge in [-0.05, 0) is 36.5 Å². The van der Waals surface area contributed by atoms with Crippen LogP contribution in [0.5, 0.6) is 11.5 Å². The molecule has 0 heterocycles. The Hall–Kier alpha value is -1.26. The molecule has 0 unspecified atom stereocenters. The predicted molar refractivity (Wildman–Crippen MR) is 76.6 cm³/mol. The van der Waals surface area contributed by atoms with E-state index in [-0.39, 0.29) is 0 Å². The second kappa shape index (κ2) is 7.36. The first-order valence-corrected chi connectivity index (χ1v) is 6.65. The molecule has 108 valence electrons. The summed E-state index contributed by atoms with van der Waals surface area (Å²) in [4.78, 5) is 0. The molecule has 1 aromatic carbocycles. The van der Waals surface area contributed by atoms with Gasteiger partial charge in [-0.1, -0.05) is 19.9 Å². The van der Waals surface area contributed by atoms with Crippen molar-refractivity contribution < 1.29 is 14.6 Å². The van der Waals surface area contributed by atoms with Crippen LogP contribution in [0.1, 0.15) is 38.3 Å². The minimum Gasteiger partial charge on any atom is -0.493 e. The molecule has 1 aromatic rings. The number of methoxy groups -OCH3 is 2. The van der Waals surface area contributed by atoms with Gasteiger partial charge in [0, 0.05) is 0 Å². The Morgan fingerprint density at radius 2 is 1.74 bits per heavy atom. The lowest BCUT2D eigenvalue weighted by Gasteiger charge is -2.21. The summed E-state index contributed by atoms with van der Waals surface area (Å²) < 4.78 is 10.4. The zero-order valence-corrected chi connectivity index (χ0v) is 12.2. The van der Waals surface area contributed by atoms with Crippen molar-refractivity contribution in [3.63, 3.8) is 0 Å². The van der Waals surface area contributed by atoms with Gasteiger partial charge in [0.05, 0.1) is 26.4 Å². The second-order valence-corrected chi connectivity index (χ2v) is 5.18. The van der Waals surface area contributed by atoms with Crippen LogP contribution in [0.2, 0.25) is 0 Å². The van der Waals surface area contributed by atoms with E-state index < -0.39 is 12.1 Å². The first-order chi connectivity index (χ1) is 8.99. The fraction of sp³-hybridized carbons (Fsp3) is 0.600. The molecular weight excluding hydrogens is 242 g/mol. The molecule has 0 saturated carbocycles. The second-order valence-electron chi connectivity index (χ2n) is 5.18. The van der Waals surface area contributed by atoms with Crippen LogP contribution in [0, 0.1) is 5.92 Å². The van der Waals surface area contributed by atoms with Gasteiger partial charge in [-0.3, -0.25) is 0 Å². The van der Waals surface area contributed by atoms with Crippen LogP contribution in [0.3, 0.4) is 0 Å². The van der Waals surface area contributed by atoms with E-state index >= 15 is 0 Å². The van der Waals surface area contributed by atoms with Crippen LogP contribution in [0.4, 0.5) is 0 Å². The maximum Gasteiger partial charge on any atom is 0.161 e. The number of hydrogen-bond donors (Lipinski definition) is 2. The summed E-state index contributed by atoms with van der Waals surface area (Å²) in [5.74, 6) is 1.86. The number of ether oxygens (including phenoxy) is 2. The Balaban J connectivity index is 2.78. The van der Waals surface area contributed by atoms with Crippen LogP contribution < -0.4 is 15.2 Å². The van der Waals surface area contributed by atoms with Gasteiger partial charge in [-0.15, -0.1) is 0 Å². The van der Waals surface area contributed by atoms with Gasteiger partial charge >= 0.3 is 0 Å². The molecule has 19 heavy (non-hydrogen) atoms. The summed E-state index contributed by atoms with van der Waals surface area (Å²) in [6.45, 7) is 4.27. The SMILES string of the molecule is COc1ccc([C@@H](N)[C@@H](O)CCC(C)C)cc1OC. The fourth-order valence-corrected chi connectivity index (χ4v) is 1.97. The zero-order chi connectivity index (χ0) is 14.4. The molecule has 1 rings (SSSR count). The van der Waals surface area contributed by atoms with Crippen molar-refractivity contribution in [1.29, 1.82) is 0 Å². The predicted octanol–water partition coefficient (Wildman–Crippen LogP) is 2.50. The third-order valence-electron chi connectivity index (χ3n) is 3.25. The van der Waals surface area contributed by atoms with Gasteiger partial charge in [-0.25, -0.2) is 0 Å². The van der Waals surface area contributed by atoms with Gasteiger partial charge in [0.25, 0.3) is 0 Å². The number of benzene rings is 1. The molecule has 0 amide bonds. The molecule has 4 nitrogen and oxygen atoms in total. The van der Waals surface area contributed by atoms with Crippen LogP contribution in [-0.4, -0.2) is 25.4 Å². The lowest BCUT2D eigenvalue weighted by atomic mass is 9.96. The van der Waals surface area contributed by atoms with E-state index in [0.717, 1.165) is 12.0 Å². The van der Waals surface area contributed by atoms with E-state index in [1.165, 1.54) is 0 Å². The molecule has 3 N–H and O–H groups in total. The minimum absolute atomic E-state index is 0.404. The summed E-state index contributed by atoms with van der Waals surface area (Å²) >= 11 is 0. The van der Waals surface area contributed by atoms with Crippen molar-refractivity contribution in [2.45, 2.75) is 38.8 Å². The van der Waals surface area contributed by atoms with Crippen molar-refractivity contribution >= 4 is 0 Å². The van der Waals surface area contributed by atoms with Crippen LogP contribution in [0.25, 0.3) is 0 Å². The highest BCUT2D eigenvalue weighted by Crippen LogP contribution is 2.30. The van der Waals surface area contributed by atoms with Crippen molar-refractivity contribution in [1.82, 2.24) is 0 Å². The van der Waals surface area contributed by atoms with Gasteiger partial charge < -0.3 is 20.3 Å². The maximum absolute atomic E-state index is 10.1. The van der Waals surface area contributed by atoms with Crippen molar-refractivity contribution in [2.24, 2.45) is 11.7 Å². The highest BCUT2D eigenvalue weighted by molar-refractivity contribution is 5.43. The fourth-order valence-electron chi connectivity index (χ4n) is 1.97. The van der Waals surface area contributed by atoms with Crippen molar-refractivity contribution in [2.75, 3.05) is 14.2 Å². The van der Waals surface area contributed by atoms with E-state index in [0.29, 0.717) is 23.8 Å². The molecule has 0 aliphatic rings. The smallest absolute Gasteiger partial charge is 0.161 e. The average Bonchev–Trinajstić information content (AvgIpc) is 2.42. The number of hydrogen-bond acceptors (Lipinski definition) is 4. The quantitative estimate of drug-likeness (QED) is 0.796. The first kappa shape index (κ1) is 15.8. The van der Waals surface area contributed by atoms with Crippen LogP contribution in [-0.2, 0) is 0 Å². The number of aliphatic hydroxyl groups is 1. The molecule has 0 aliphatic heterocycles. The molecule has 0 spiro atoms. The Kier molecular flexibility index (Phi) is 6.12. The molecule has 2 atom stereocenters. The number of aliphatic hydroxyl groups excluding tert-OH is 1. The Bertz CT molecular complexity index is 393. The largest absolute Gasteiger partial charge is 0.493 e. The van der Waals surface area contributed by atoms with Gasteiger partial charge in [-0.2, -0.15) is 0 Å². The zero-order valence-electron chi connectivity index (χ0n) is 12.2. The molecule has 0 saturated heterocycles. The molecule has 0 aromatic heterocycles. The monoisotopic (exact) mass is 267 g/mol. The number of rotatable bonds is 7. The summed E-state index contributed by atoms with van der Waals surface area (Å²) in [6, 6.07) is 5.09. The standard InChI is InChI=1S/C15H25NO3/c1-10(2)5-7-12(17)15(16)11-6-8-13(18-3)14(9-11)19-4/h6,8-10,12,15,17H,5,7,16H2,1-4H3/t12-,15+/m0/s1. The first-order valence-electron chi connectivity index (χ1n) is 6.65. The van der Waals surface area contributed by atoms with Gasteiger partial charge in [0.1, 0.15) is 0 Å². The van der Waals surface area contributed by atoms with Crippen molar-refractivity contribution in [3.8, 4) is 11.5 Å². The van der Waals surface area contributed by atoms with E-state index in [2.05, 4.69) is 13.8 Å². The van der Waals surface area contributed by atoms with Gasteiger partial charge in [0.15, 0.2) is 11.5 Å². The lowest BCUT2D eigenvalue weighted by Crippen LogP contribution is -2.26. The van der Waals surface area contributed by atoms with Gasteiger partial charge in [0.2, 0.25) is 0 Å². The summed E-state index contributed by atoms with van der Waals surface area (Å²) in [7, 11) is 3.18. The van der Waals surface area contributed by atoms with Crippen molar-refractivity contribution in [3.05, 3.63) is 23.8 Å². The molecular formula is C15H25NO3. The third kappa shape index (κ3) is 4.40. The number of nitrogens with two attached hydrogens (primary N) is 1. The van der Waals surface area contributed by atoms with Crippen LogP contribution in [0.15, 0.2) is 18.2 Å². The average molecular weight is 267 g/mol. The maximum atomic E-state index is 10.1. The molecule has 0 bridgehead atoms. The molecule has 0 aliphatic carbocycles. The summed E-state index contributed by atoms with van der Waals surface area (Å²) in [5.41, 5.74) is 6.95. The highest BCUT2D eigenvalue weighted by Gasteiger charge is 2.18. The van der Waals surface area contributed by atoms with E-state index in [1.807, 2.05) is 18.2 Å². The molecule has 0 fully saturated rings. The third-order valence-corrected chi connectivity index (χ3v) is 3.25. The van der Waals surface area contributed by atoms with E-state index in [4.69, 9.17) is 15.2 Å². The highest BCUT2D eigenvalue weighted by atomic mass is 16.5. The normalized spacial score (nSPS) is 14.3. The summed E-state index contributed by atoms with van der Waals surface area (Å²) in [5, 5.41) is 10.1. The minimum atomic E-state index is -0.541. The van der Waals surface area contributed by atoms with E-state index in [1.54, 1.807) is 14.2 Å². The topological polar surface area (TPSA) is 64.7 Å². The van der Waals surface area contributed by atoms with E-state index in [9.17, 15) is 5.11 Å².